The number of para-hydroxylation sites is 1. The number of ether oxygens (including phenoxy) is 1. The first-order valence-electron chi connectivity index (χ1n) is 9.14. The maximum absolute atomic E-state index is 12.7. The van der Waals surface area contributed by atoms with E-state index in [9.17, 15) is 13.2 Å². The van der Waals surface area contributed by atoms with E-state index in [1.807, 2.05) is 43.1 Å². The number of sulfone groups is 1. The summed E-state index contributed by atoms with van der Waals surface area (Å²) >= 11 is 0. The second-order valence-corrected chi connectivity index (χ2v) is 9.87. The van der Waals surface area contributed by atoms with Crippen LogP contribution in [0, 0.1) is 0 Å². The summed E-state index contributed by atoms with van der Waals surface area (Å²) in [7, 11) is -1.36. The SMILES string of the molecule is CCN(C)C[C@H]1COC2(CN(C(=O)c3cc4ccccc4o3)C2)CS1(=O)=O. The largest absolute Gasteiger partial charge is 0.451 e. The zero-order chi connectivity index (χ0) is 19.2. The molecular weight excluding hydrogens is 368 g/mol. The van der Waals surface area contributed by atoms with E-state index in [1.54, 1.807) is 11.0 Å². The van der Waals surface area contributed by atoms with Gasteiger partial charge < -0.3 is 19.0 Å². The van der Waals surface area contributed by atoms with Gasteiger partial charge in [0.2, 0.25) is 0 Å². The molecule has 0 N–H and O–H groups in total. The molecule has 2 aliphatic rings. The molecule has 7 nitrogen and oxygen atoms in total. The van der Waals surface area contributed by atoms with Crippen molar-refractivity contribution < 1.29 is 22.4 Å². The van der Waals surface area contributed by atoms with Crippen molar-refractivity contribution in [3.05, 3.63) is 36.1 Å². The number of carbonyl (C=O) groups excluding carboxylic acids is 1. The van der Waals surface area contributed by atoms with Crippen molar-refractivity contribution in [3.63, 3.8) is 0 Å². The van der Waals surface area contributed by atoms with Crippen LogP contribution in [0.1, 0.15) is 17.5 Å². The van der Waals surface area contributed by atoms with Crippen LogP contribution in [-0.2, 0) is 14.6 Å². The van der Waals surface area contributed by atoms with Gasteiger partial charge in [0.25, 0.3) is 5.91 Å². The number of rotatable bonds is 4. The molecule has 8 heteroatoms. The maximum Gasteiger partial charge on any atom is 0.289 e. The molecule has 4 rings (SSSR count). The molecule has 0 radical (unpaired) electrons. The van der Waals surface area contributed by atoms with Gasteiger partial charge in [0.15, 0.2) is 15.6 Å². The third-order valence-corrected chi connectivity index (χ3v) is 7.71. The molecule has 0 saturated carbocycles. The summed E-state index contributed by atoms with van der Waals surface area (Å²) in [5.41, 5.74) is -0.114. The molecule has 1 atom stereocenters. The Morgan fingerprint density at radius 2 is 2.07 bits per heavy atom. The molecule has 1 aromatic heterocycles. The monoisotopic (exact) mass is 392 g/mol. The Bertz CT molecular complexity index is 928. The van der Waals surface area contributed by atoms with Crippen molar-refractivity contribution in [1.82, 2.24) is 9.80 Å². The van der Waals surface area contributed by atoms with Crippen LogP contribution in [-0.4, -0.2) is 80.6 Å². The lowest BCUT2D eigenvalue weighted by atomic mass is 9.95. The minimum absolute atomic E-state index is 0.0356. The Kier molecular flexibility index (Phi) is 4.52. The summed E-state index contributed by atoms with van der Waals surface area (Å²) in [6, 6.07) is 9.16. The van der Waals surface area contributed by atoms with E-state index in [-0.39, 0.29) is 37.1 Å². The number of furan rings is 1. The molecule has 0 aliphatic carbocycles. The predicted octanol–water partition coefficient (Wildman–Crippen LogP) is 1.39. The van der Waals surface area contributed by atoms with Crippen LogP contribution in [0.5, 0.6) is 0 Å². The minimum Gasteiger partial charge on any atom is -0.451 e. The molecular formula is C19H24N2O5S. The summed E-state index contributed by atoms with van der Waals surface area (Å²) in [5, 5.41) is 0.365. The van der Waals surface area contributed by atoms with E-state index in [4.69, 9.17) is 9.15 Å². The van der Waals surface area contributed by atoms with Crippen molar-refractivity contribution in [2.75, 3.05) is 45.6 Å². The van der Waals surface area contributed by atoms with Crippen molar-refractivity contribution in [2.45, 2.75) is 17.8 Å². The van der Waals surface area contributed by atoms with E-state index >= 15 is 0 Å². The van der Waals surface area contributed by atoms with Gasteiger partial charge in [-0.15, -0.1) is 0 Å². The molecule has 3 heterocycles. The van der Waals surface area contributed by atoms with Gasteiger partial charge in [0.05, 0.1) is 30.7 Å². The van der Waals surface area contributed by atoms with E-state index in [0.717, 1.165) is 11.9 Å². The third-order valence-electron chi connectivity index (χ3n) is 5.48. The lowest BCUT2D eigenvalue weighted by molar-refractivity contribution is -0.121. The van der Waals surface area contributed by atoms with Crippen LogP contribution in [0.3, 0.4) is 0 Å². The van der Waals surface area contributed by atoms with Gasteiger partial charge in [-0.05, 0) is 25.7 Å². The molecule has 1 amide bonds. The number of fused-ring (bicyclic) bond motifs is 1. The fourth-order valence-corrected chi connectivity index (χ4v) is 5.75. The van der Waals surface area contributed by atoms with E-state index in [2.05, 4.69) is 0 Å². The molecule has 0 unspecified atom stereocenters. The molecule has 2 saturated heterocycles. The van der Waals surface area contributed by atoms with Gasteiger partial charge in [-0.1, -0.05) is 25.1 Å². The van der Waals surface area contributed by atoms with Gasteiger partial charge in [0.1, 0.15) is 11.2 Å². The predicted molar refractivity (Wildman–Crippen MR) is 102 cm³/mol. The molecule has 27 heavy (non-hydrogen) atoms. The van der Waals surface area contributed by atoms with Crippen LogP contribution < -0.4 is 0 Å². The van der Waals surface area contributed by atoms with Crippen LogP contribution in [0.15, 0.2) is 34.7 Å². The summed E-state index contributed by atoms with van der Waals surface area (Å²) < 4.78 is 36.9. The topological polar surface area (TPSA) is 80.1 Å². The second kappa shape index (κ2) is 6.61. The highest BCUT2D eigenvalue weighted by atomic mass is 32.2. The zero-order valence-corrected chi connectivity index (χ0v) is 16.4. The summed E-state index contributed by atoms with van der Waals surface area (Å²) in [6.45, 7) is 3.98. The smallest absolute Gasteiger partial charge is 0.289 e. The lowest BCUT2D eigenvalue weighted by Gasteiger charge is -2.52. The van der Waals surface area contributed by atoms with Gasteiger partial charge in [0, 0.05) is 11.9 Å². The Morgan fingerprint density at radius 1 is 1.33 bits per heavy atom. The molecule has 2 aliphatic heterocycles. The number of nitrogens with zero attached hydrogens (tertiary/aromatic N) is 2. The van der Waals surface area contributed by atoms with E-state index < -0.39 is 20.7 Å². The fraction of sp³-hybridized carbons (Fsp3) is 0.526. The van der Waals surface area contributed by atoms with Gasteiger partial charge in [-0.3, -0.25) is 4.79 Å². The normalized spacial score (nSPS) is 23.7. The minimum atomic E-state index is -3.26. The van der Waals surface area contributed by atoms with Gasteiger partial charge >= 0.3 is 0 Å². The Morgan fingerprint density at radius 3 is 2.74 bits per heavy atom. The highest BCUT2D eigenvalue weighted by Gasteiger charge is 2.54. The first-order chi connectivity index (χ1) is 12.8. The molecule has 1 spiro atoms. The molecule has 2 aromatic rings. The average Bonchev–Trinajstić information content (AvgIpc) is 3.04. The third kappa shape index (κ3) is 3.37. The number of likely N-dealkylation sites (tertiary alicyclic amines) is 1. The number of benzene rings is 1. The highest BCUT2D eigenvalue weighted by molar-refractivity contribution is 7.92. The number of hydrogen-bond donors (Lipinski definition) is 0. The molecule has 1 aromatic carbocycles. The van der Waals surface area contributed by atoms with E-state index in [0.29, 0.717) is 12.1 Å². The second-order valence-electron chi connectivity index (χ2n) is 7.59. The lowest BCUT2D eigenvalue weighted by Crippen LogP contribution is -2.71. The van der Waals surface area contributed by atoms with Gasteiger partial charge in [-0.2, -0.15) is 0 Å². The summed E-state index contributed by atoms with van der Waals surface area (Å²) in [4.78, 5) is 16.2. The van der Waals surface area contributed by atoms with Crippen LogP contribution in [0.4, 0.5) is 0 Å². The number of carbonyl (C=O) groups is 1. The molecule has 2 fully saturated rings. The molecule has 0 bridgehead atoms. The Balaban J connectivity index is 1.42. The first-order valence-corrected chi connectivity index (χ1v) is 10.9. The Labute approximate surface area is 158 Å². The summed E-state index contributed by atoms with van der Waals surface area (Å²) in [6.07, 6.45) is 0. The number of hydrogen-bond acceptors (Lipinski definition) is 6. The first kappa shape index (κ1) is 18.5. The maximum atomic E-state index is 12.7. The summed E-state index contributed by atoms with van der Waals surface area (Å²) in [5.74, 6) is 0.00407. The zero-order valence-electron chi connectivity index (χ0n) is 15.6. The number of amides is 1. The van der Waals surface area contributed by atoms with Crippen molar-refractivity contribution in [3.8, 4) is 0 Å². The quantitative estimate of drug-likeness (QED) is 0.782. The van der Waals surface area contributed by atoms with Crippen molar-refractivity contribution >= 4 is 26.7 Å². The average molecular weight is 392 g/mol. The standard InChI is InChI=1S/C19H24N2O5S/c1-3-20(2)9-15-10-25-19(13-27(15,23)24)11-21(12-19)18(22)17-8-14-6-4-5-7-16(14)26-17/h4-8,15H,3,9-13H2,1-2H3/t15-/m0/s1. The Hall–Kier alpha value is -1.90. The van der Waals surface area contributed by atoms with Crippen LogP contribution in [0.2, 0.25) is 0 Å². The van der Waals surface area contributed by atoms with Crippen LogP contribution in [0.25, 0.3) is 11.0 Å². The van der Waals surface area contributed by atoms with E-state index in [1.165, 1.54) is 0 Å². The van der Waals surface area contributed by atoms with Gasteiger partial charge in [-0.25, -0.2) is 8.42 Å². The highest BCUT2D eigenvalue weighted by Crippen LogP contribution is 2.34. The molecule has 146 valence electrons. The van der Waals surface area contributed by atoms with Crippen molar-refractivity contribution in [1.29, 1.82) is 0 Å². The van der Waals surface area contributed by atoms with Crippen molar-refractivity contribution in [2.24, 2.45) is 0 Å². The fourth-order valence-electron chi connectivity index (χ4n) is 3.76. The van der Waals surface area contributed by atoms with Crippen LogP contribution >= 0.6 is 0 Å².